The highest BCUT2D eigenvalue weighted by atomic mass is 32.1. The van der Waals surface area contributed by atoms with Crippen LogP contribution in [0.1, 0.15) is 34.9 Å². The first kappa shape index (κ1) is 19.4. The summed E-state index contributed by atoms with van der Waals surface area (Å²) in [6, 6.07) is 15.2. The van der Waals surface area contributed by atoms with Crippen LogP contribution in [-0.2, 0) is 9.59 Å². The van der Waals surface area contributed by atoms with Crippen molar-refractivity contribution in [2.75, 3.05) is 10.2 Å². The fourth-order valence-corrected chi connectivity index (χ4v) is 5.28. The van der Waals surface area contributed by atoms with E-state index in [9.17, 15) is 14.9 Å². The number of rotatable bonds is 4. The first-order valence-corrected chi connectivity index (χ1v) is 11.0. The van der Waals surface area contributed by atoms with Crippen molar-refractivity contribution in [2.45, 2.75) is 25.8 Å². The molecule has 0 aliphatic carbocycles. The predicted octanol–water partition coefficient (Wildman–Crippen LogP) is 5.11. The van der Waals surface area contributed by atoms with Gasteiger partial charge in [0.1, 0.15) is 11.1 Å². The van der Waals surface area contributed by atoms with Gasteiger partial charge in [-0.05, 0) is 48.4 Å². The number of nitrogens with zero attached hydrogens (tertiary/aromatic N) is 2. The van der Waals surface area contributed by atoms with Gasteiger partial charge < -0.3 is 10.2 Å². The van der Waals surface area contributed by atoms with Crippen LogP contribution >= 0.6 is 22.7 Å². The average molecular weight is 422 g/mol. The van der Waals surface area contributed by atoms with Crippen molar-refractivity contribution < 1.29 is 9.59 Å². The first-order chi connectivity index (χ1) is 14.1. The molecule has 0 spiro atoms. The summed E-state index contributed by atoms with van der Waals surface area (Å²) in [5.74, 6) is -0.543. The number of carbonyl (C=O) groups excluding carboxylic acids is 2. The van der Waals surface area contributed by atoms with Gasteiger partial charge in [0.25, 0.3) is 0 Å². The Balaban J connectivity index is 1.71. The number of nitrogens with one attached hydrogen (secondary N) is 1. The molecule has 29 heavy (non-hydrogen) atoms. The minimum Gasteiger partial charge on any atom is -0.316 e. The maximum Gasteiger partial charge on any atom is 0.230 e. The molecule has 3 aromatic rings. The van der Waals surface area contributed by atoms with E-state index in [2.05, 4.69) is 11.4 Å². The van der Waals surface area contributed by atoms with Crippen LogP contribution in [0.4, 0.5) is 10.7 Å². The summed E-state index contributed by atoms with van der Waals surface area (Å²) in [5, 5.41) is 16.5. The van der Waals surface area contributed by atoms with Crippen LogP contribution in [0.25, 0.3) is 0 Å². The maximum atomic E-state index is 13.2. The minimum atomic E-state index is -0.402. The Labute approximate surface area is 177 Å². The van der Waals surface area contributed by atoms with Crippen LogP contribution in [0.5, 0.6) is 0 Å². The van der Waals surface area contributed by atoms with E-state index in [4.69, 9.17) is 0 Å². The molecule has 1 aliphatic rings. The van der Waals surface area contributed by atoms with Crippen LogP contribution in [-0.4, -0.2) is 11.8 Å². The topological polar surface area (TPSA) is 73.2 Å². The molecule has 4 rings (SSSR count). The van der Waals surface area contributed by atoms with Gasteiger partial charge in [-0.3, -0.25) is 9.59 Å². The van der Waals surface area contributed by atoms with E-state index in [0.717, 1.165) is 16.1 Å². The molecule has 3 heterocycles. The van der Waals surface area contributed by atoms with Crippen molar-refractivity contribution in [1.29, 1.82) is 5.26 Å². The molecular weight excluding hydrogens is 402 g/mol. The van der Waals surface area contributed by atoms with E-state index in [-0.39, 0.29) is 17.9 Å². The molecule has 1 aliphatic heterocycles. The number of carbonyl (C=O) groups is 2. The van der Waals surface area contributed by atoms with Crippen LogP contribution in [0.15, 0.2) is 53.2 Å². The third-order valence-electron chi connectivity index (χ3n) is 5.10. The van der Waals surface area contributed by atoms with Crippen molar-refractivity contribution in [3.8, 4) is 6.07 Å². The molecule has 7 heteroatoms. The molecule has 0 saturated carbocycles. The molecule has 1 N–H and O–H groups in total. The second kappa shape index (κ2) is 8.19. The standard InChI is InChI=1S/C22H19N3O2S2/c1-14-4-6-16(7-5-14)25-19(26)9-8-17(20(25)18-3-2-11-28-18)21(27)24-22-15(13-23)10-12-29-22/h2-7,10-12,17,20H,8-9H2,1H3,(H,24,27)/t17-,20+/m1/s1. The van der Waals surface area contributed by atoms with Crippen LogP contribution in [0, 0.1) is 24.2 Å². The van der Waals surface area contributed by atoms with Gasteiger partial charge in [0.05, 0.1) is 17.5 Å². The van der Waals surface area contributed by atoms with E-state index < -0.39 is 5.92 Å². The predicted molar refractivity (Wildman–Crippen MR) is 116 cm³/mol. The second-order valence-corrected chi connectivity index (χ2v) is 8.86. The number of piperidine rings is 1. The molecule has 1 aromatic carbocycles. The molecule has 2 aromatic heterocycles. The lowest BCUT2D eigenvalue weighted by Crippen LogP contribution is -2.46. The molecular formula is C22H19N3O2S2. The van der Waals surface area contributed by atoms with E-state index >= 15 is 0 Å². The van der Waals surface area contributed by atoms with Crippen LogP contribution in [0.2, 0.25) is 0 Å². The summed E-state index contributed by atoms with van der Waals surface area (Å²) in [5.41, 5.74) is 2.37. The number of anilines is 2. The van der Waals surface area contributed by atoms with Gasteiger partial charge in [0.2, 0.25) is 11.8 Å². The molecule has 2 amide bonds. The summed E-state index contributed by atoms with van der Waals surface area (Å²) in [6.07, 6.45) is 0.784. The average Bonchev–Trinajstić information content (AvgIpc) is 3.40. The van der Waals surface area contributed by atoms with E-state index in [1.807, 2.05) is 48.7 Å². The zero-order chi connectivity index (χ0) is 20.4. The summed E-state index contributed by atoms with van der Waals surface area (Å²) in [4.78, 5) is 28.9. The van der Waals surface area contributed by atoms with Crippen molar-refractivity contribution in [3.05, 3.63) is 69.2 Å². The van der Waals surface area contributed by atoms with E-state index in [0.29, 0.717) is 23.4 Å². The largest absolute Gasteiger partial charge is 0.316 e. The highest BCUT2D eigenvalue weighted by Crippen LogP contribution is 2.42. The molecule has 1 saturated heterocycles. The second-order valence-electron chi connectivity index (χ2n) is 6.97. The van der Waals surface area contributed by atoms with Gasteiger partial charge in [-0.1, -0.05) is 23.8 Å². The number of benzene rings is 1. The Kier molecular flexibility index (Phi) is 5.47. The summed E-state index contributed by atoms with van der Waals surface area (Å²) in [6.45, 7) is 2.00. The summed E-state index contributed by atoms with van der Waals surface area (Å²) in [7, 11) is 0. The lowest BCUT2D eigenvalue weighted by Gasteiger charge is -2.40. The quantitative estimate of drug-likeness (QED) is 0.636. The van der Waals surface area contributed by atoms with Crippen LogP contribution in [0.3, 0.4) is 0 Å². The molecule has 2 atom stereocenters. The number of nitriles is 1. The number of amides is 2. The SMILES string of the molecule is Cc1ccc(N2C(=O)CC[C@@H](C(=O)Nc3sccc3C#N)[C@H]2c2cccs2)cc1. The third kappa shape index (κ3) is 3.82. The highest BCUT2D eigenvalue weighted by molar-refractivity contribution is 7.14. The van der Waals surface area contributed by atoms with Crippen molar-refractivity contribution >= 4 is 45.2 Å². The zero-order valence-corrected chi connectivity index (χ0v) is 17.4. The molecule has 5 nitrogen and oxygen atoms in total. The maximum absolute atomic E-state index is 13.2. The third-order valence-corrected chi connectivity index (χ3v) is 6.88. The van der Waals surface area contributed by atoms with E-state index in [1.165, 1.54) is 11.3 Å². The fourth-order valence-electron chi connectivity index (χ4n) is 3.66. The van der Waals surface area contributed by atoms with Crippen molar-refractivity contribution in [3.63, 3.8) is 0 Å². The van der Waals surface area contributed by atoms with E-state index in [1.54, 1.807) is 27.7 Å². The lowest BCUT2D eigenvalue weighted by molar-refractivity contribution is -0.125. The lowest BCUT2D eigenvalue weighted by atomic mass is 9.86. The fraction of sp³-hybridized carbons (Fsp3) is 0.227. The van der Waals surface area contributed by atoms with Gasteiger partial charge in [-0.15, -0.1) is 22.7 Å². The monoisotopic (exact) mass is 421 g/mol. The Hall–Kier alpha value is -2.95. The Morgan fingerprint density at radius 1 is 1.17 bits per heavy atom. The molecule has 146 valence electrons. The van der Waals surface area contributed by atoms with Crippen LogP contribution < -0.4 is 10.2 Å². The summed E-state index contributed by atoms with van der Waals surface area (Å²) < 4.78 is 0. The normalized spacial score (nSPS) is 19.0. The molecule has 0 radical (unpaired) electrons. The number of thiophene rings is 2. The smallest absolute Gasteiger partial charge is 0.230 e. The Bertz CT molecular complexity index is 1060. The number of hydrogen-bond donors (Lipinski definition) is 1. The molecule has 0 bridgehead atoms. The molecule has 0 unspecified atom stereocenters. The zero-order valence-electron chi connectivity index (χ0n) is 15.8. The summed E-state index contributed by atoms with van der Waals surface area (Å²) >= 11 is 2.88. The Morgan fingerprint density at radius 3 is 2.66 bits per heavy atom. The van der Waals surface area contributed by atoms with Gasteiger partial charge >= 0.3 is 0 Å². The minimum absolute atomic E-state index is 0.0186. The molecule has 1 fully saturated rings. The van der Waals surface area contributed by atoms with Gasteiger partial charge in [0.15, 0.2) is 0 Å². The van der Waals surface area contributed by atoms with Crippen molar-refractivity contribution in [2.24, 2.45) is 5.92 Å². The number of aryl methyl sites for hydroxylation is 1. The van der Waals surface area contributed by atoms with Gasteiger partial charge in [0, 0.05) is 17.0 Å². The van der Waals surface area contributed by atoms with Gasteiger partial charge in [-0.25, -0.2) is 0 Å². The first-order valence-electron chi connectivity index (χ1n) is 9.29. The highest BCUT2D eigenvalue weighted by Gasteiger charge is 2.42. The Morgan fingerprint density at radius 2 is 1.97 bits per heavy atom. The number of hydrogen-bond acceptors (Lipinski definition) is 5. The van der Waals surface area contributed by atoms with Crippen molar-refractivity contribution in [1.82, 2.24) is 0 Å². The van der Waals surface area contributed by atoms with Gasteiger partial charge in [-0.2, -0.15) is 5.26 Å².